The summed E-state index contributed by atoms with van der Waals surface area (Å²) in [5.74, 6) is 2.35. The summed E-state index contributed by atoms with van der Waals surface area (Å²) >= 11 is 0. The Balaban J connectivity index is 1.73. The zero-order chi connectivity index (χ0) is 14.4. The number of allylic oxidation sites excluding steroid dienone is 4. The van der Waals surface area contributed by atoms with Gasteiger partial charge in [0.25, 0.3) is 0 Å². The molecule has 2 aliphatic carbocycles. The van der Waals surface area contributed by atoms with Gasteiger partial charge in [0.2, 0.25) is 0 Å². The number of hydrogen-bond donors (Lipinski definition) is 2. The highest BCUT2D eigenvalue weighted by molar-refractivity contribution is 5.28. The van der Waals surface area contributed by atoms with Gasteiger partial charge in [0.15, 0.2) is 6.29 Å². The molecule has 2 aliphatic rings. The van der Waals surface area contributed by atoms with Crippen LogP contribution >= 0.6 is 0 Å². The number of unbranched alkanes of at least 4 members (excludes halogenated alkanes) is 3. The van der Waals surface area contributed by atoms with E-state index >= 15 is 0 Å². The molecule has 2 heteroatoms. The molecular weight excluding hydrogens is 248 g/mol. The molecule has 0 fully saturated rings. The topological polar surface area (TPSA) is 40.5 Å². The maximum Gasteiger partial charge on any atom is 0.151 e. The SMILES string of the molecule is CC1C=CC2=CCCCC2[C@H]1CCCCCCC(O)O. The molecule has 0 aliphatic heterocycles. The molecule has 3 atom stereocenters. The summed E-state index contributed by atoms with van der Waals surface area (Å²) in [6.45, 7) is 2.37. The van der Waals surface area contributed by atoms with Crippen LogP contribution in [0.5, 0.6) is 0 Å². The molecule has 0 amide bonds. The number of rotatable bonds is 7. The van der Waals surface area contributed by atoms with E-state index in [1.807, 2.05) is 0 Å². The number of hydrogen-bond acceptors (Lipinski definition) is 2. The molecule has 0 aromatic heterocycles. The second kappa shape index (κ2) is 7.99. The van der Waals surface area contributed by atoms with Gasteiger partial charge in [-0.1, -0.05) is 44.4 Å². The van der Waals surface area contributed by atoms with Crippen LogP contribution in [0.25, 0.3) is 0 Å². The Morgan fingerprint density at radius 1 is 1.20 bits per heavy atom. The predicted molar refractivity (Wildman–Crippen MR) is 83.1 cm³/mol. The lowest BCUT2D eigenvalue weighted by Crippen LogP contribution is -2.27. The summed E-state index contributed by atoms with van der Waals surface area (Å²) in [5.41, 5.74) is 1.60. The molecule has 2 N–H and O–H groups in total. The van der Waals surface area contributed by atoms with Crippen molar-refractivity contribution in [2.75, 3.05) is 0 Å². The molecule has 0 radical (unpaired) electrons. The summed E-state index contributed by atoms with van der Waals surface area (Å²) in [6.07, 6.45) is 16.5. The predicted octanol–water partition coefficient (Wildman–Crippen LogP) is 4.19. The number of aliphatic hydroxyl groups is 2. The maximum absolute atomic E-state index is 8.82. The van der Waals surface area contributed by atoms with Crippen LogP contribution < -0.4 is 0 Å². The molecule has 0 heterocycles. The first kappa shape index (κ1) is 15.8. The average Bonchev–Trinajstić information content (AvgIpc) is 2.44. The van der Waals surface area contributed by atoms with Gasteiger partial charge in [-0.3, -0.25) is 0 Å². The smallest absolute Gasteiger partial charge is 0.151 e. The normalized spacial score (nSPS) is 29.4. The second-order valence-corrected chi connectivity index (χ2v) is 6.60. The molecule has 0 aromatic rings. The van der Waals surface area contributed by atoms with E-state index in [1.165, 1.54) is 38.5 Å². The lowest BCUT2D eigenvalue weighted by molar-refractivity contribution is -0.0466. The third-order valence-electron chi connectivity index (χ3n) is 5.06. The first-order valence-electron chi connectivity index (χ1n) is 8.43. The van der Waals surface area contributed by atoms with Crippen LogP contribution in [0, 0.1) is 17.8 Å². The lowest BCUT2D eigenvalue weighted by atomic mass is 9.68. The van der Waals surface area contributed by atoms with Crippen molar-refractivity contribution in [3.8, 4) is 0 Å². The average molecular weight is 278 g/mol. The minimum absolute atomic E-state index is 0.526. The lowest BCUT2D eigenvalue weighted by Gasteiger charge is -2.37. The molecule has 0 aromatic carbocycles. The minimum atomic E-state index is -1.12. The molecule has 0 saturated carbocycles. The van der Waals surface area contributed by atoms with Crippen LogP contribution in [0.15, 0.2) is 23.8 Å². The van der Waals surface area contributed by atoms with E-state index in [0.717, 1.165) is 30.6 Å². The molecule has 20 heavy (non-hydrogen) atoms. The standard InChI is InChI=1S/C18H30O2/c1-14-12-13-15-8-6-7-10-17(15)16(14)9-4-2-3-5-11-18(19)20/h8,12-14,16-20H,2-7,9-11H2,1H3/t14?,16-,17?/m0/s1. The van der Waals surface area contributed by atoms with Crippen LogP contribution in [0.3, 0.4) is 0 Å². The molecule has 2 unspecified atom stereocenters. The van der Waals surface area contributed by atoms with Crippen LogP contribution in [0.1, 0.15) is 64.7 Å². The Bertz CT molecular complexity index is 343. The minimum Gasteiger partial charge on any atom is -0.368 e. The van der Waals surface area contributed by atoms with E-state index in [1.54, 1.807) is 5.57 Å². The third kappa shape index (κ3) is 4.46. The van der Waals surface area contributed by atoms with Crippen LogP contribution in [-0.2, 0) is 0 Å². The summed E-state index contributed by atoms with van der Waals surface area (Å²) in [7, 11) is 0. The van der Waals surface area contributed by atoms with Gasteiger partial charge < -0.3 is 10.2 Å². The Morgan fingerprint density at radius 2 is 2.00 bits per heavy atom. The molecular formula is C18H30O2. The Morgan fingerprint density at radius 3 is 2.80 bits per heavy atom. The van der Waals surface area contributed by atoms with Crippen molar-refractivity contribution in [2.45, 2.75) is 71.0 Å². The number of aliphatic hydroxyl groups excluding tert-OH is 1. The summed E-state index contributed by atoms with van der Waals surface area (Å²) < 4.78 is 0. The fourth-order valence-corrected chi connectivity index (χ4v) is 3.87. The summed E-state index contributed by atoms with van der Waals surface area (Å²) in [5, 5.41) is 17.6. The van der Waals surface area contributed by atoms with E-state index in [2.05, 4.69) is 25.2 Å². The molecule has 2 rings (SSSR count). The van der Waals surface area contributed by atoms with Gasteiger partial charge in [-0.05, 0) is 61.9 Å². The Labute approximate surface area is 123 Å². The van der Waals surface area contributed by atoms with Gasteiger partial charge in [-0.15, -0.1) is 0 Å². The van der Waals surface area contributed by atoms with E-state index in [-0.39, 0.29) is 0 Å². The monoisotopic (exact) mass is 278 g/mol. The second-order valence-electron chi connectivity index (χ2n) is 6.60. The zero-order valence-corrected chi connectivity index (χ0v) is 12.8. The first-order valence-corrected chi connectivity index (χ1v) is 8.43. The molecule has 0 saturated heterocycles. The van der Waals surface area contributed by atoms with Crippen LogP contribution in [0.4, 0.5) is 0 Å². The fourth-order valence-electron chi connectivity index (χ4n) is 3.87. The summed E-state index contributed by atoms with van der Waals surface area (Å²) in [6, 6.07) is 0. The maximum atomic E-state index is 8.82. The molecule has 2 nitrogen and oxygen atoms in total. The van der Waals surface area contributed by atoms with Gasteiger partial charge in [0.05, 0.1) is 0 Å². The van der Waals surface area contributed by atoms with Crippen LogP contribution in [-0.4, -0.2) is 16.5 Å². The highest BCUT2D eigenvalue weighted by atomic mass is 16.5. The Kier molecular flexibility index (Phi) is 6.31. The van der Waals surface area contributed by atoms with Gasteiger partial charge in [-0.2, -0.15) is 0 Å². The first-order chi connectivity index (χ1) is 9.68. The van der Waals surface area contributed by atoms with E-state index in [0.29, 0.717) is 6.42 Å². The van der Waals surface area contributed by atoms with Gasteiger partial charge in [-0.25, -0.2) is 0 Å². The van der Waals surface area contributed by atoms with Crippen molar-refractivity contribution in [3.63, 3.8) is 0 Å². The van der Waals surface area contributed by atoms with Crippen molar-refractivity contribution in [2.24, 2.45) is 17.8 Å². The zero-order valence-electron chi connectivity index (χ0n) is 12.8. The quantitative estimate of drug-likeness (QED) is 0.541. The fraction of sp³-hybridized carbons (Fsp3) is 0.778. The van der Waals surface area contributed by atoms with Crippen molar-refractivity contribution in [1.82, 2.24) is 0 Å². The Hall–Kier alpha value is -0.600. The molecule has 0 bridgehead atoms. The van der Waals surface area contributed by atoms with Gasteiger partial charge >= 0.3 is 0 Å². The van der Waals surface area contributed by atoms with E-state index < -0.39 is 6.29 Å². The van der Waals surface area contributed by atoms with Crippen molar-refractivity contribution in [3.05, 3.63) is 23.8 Å². The molecule has 0 spiro atoms. The summed E-state index contributed by atoms with van der Waals surface area (Å²) in [4.78, 5) is 0. The van der Waals surface area contributed by atoms with Crippen molar-refractivity contribution in [1.29, 1.82) is 0 Å². The highest BCUT2D eigenvalue weighted by Crippen LogP contribution is 2.42. The largest absolute Gasteiger partial charge is 0.368 e. The van der Waals surface area contributed by atoms with Gasteiger partial charge in [0.1, 0.15) is 0 Å². The van der Waals surface area contributed by atoms with Gasteiger partial charge in [0, 0.05) is 0 Å². The number of fused-ring (bicyclic) bond motifs is 1. The molecule has 114 valence electrons. The van der Waals surface area contributed by atoms with Crippen molar-refractivity contribution >= 4 is 0 Å². The van der Waals surface area contributed by atoms with E-state index in [4.69, 9.17) is 10.2 Å². The van der Waals surface area contributed by atoms with Crippen molar-refractivity contribution < 1.29 is 10.2 Å². The highest BCUT2D eigenvalue weighted by Gasteiger charge is 2.31. The van der Waals surface area contributed by atoms with E-state index in [9.17, 15) is 0 Å². The van der Waals surface area contributed by atoms with Crippen LogP contribution in [0.2, 0.25) is 0 Å². The third-order valence-corrected chi connectivity index (χ3v) is 5.06.